The van der Waals surface area contributed by atoms with Crippen LogP contribution in [0.5, 0.6) is 0 Å². The van der Waals surface area contributed by atoms with Gasteiger partial charge in [-0.05, 0) is 44.6 Å². The Morgan fingerprint density at radius 1 is 1.64 bits per heavy atom. The molecule has 2 atom stereocenters. The maximum atomic E-state index is 10.9. The van der Waals surface area contributed by atoms with Gasteiger partial charge in [-0.2, -0.15) is 0 Å². The molecular weight excluding hydrogens is 176 g/mol. The lowest BCUT2D eigenvalue weighted by atomic mass is 9.83. The van der Waals surface area contributed by atoms with Crippen molar-refractivity contribution in [1.82, 2.24) is 0 Å². The highest BCUT2D eigenvalue weighted by Crippen LogP contribution is 2.29. The lowest BCUT2D eigenvalue weighted by Gasteiger charge is -2.23. The van der Waals surface area contributed by atoms with Gasteiger partial charge in [0.05, 0.1) is 0 Å². The minimum absolute atomic E-state index is 0.162. The first-order valence-electron chi connectivity index (χ1n) is 5.05. The van der Waals surface area contributed by atoms with Crippen LogP contribution in [0.1, 0.15) is 33.1 Å². The second kappa shape index (κ2) is 4.56. The number of allylic oxidation sites excluding steroid dienone is 2. The molecule has 0 radical (unpaired) electrons. The summed E-state index contributed by atoms with van der Waals surface area (Å²) in [5, 5.41) is 9.54. The monoisotopic (exact) mass is 194 g/mol. The Hall–Kier alpha value is -0.890. The van der Waals surface area contributed by atoms with Crippen molar-refractivity contribution >= 4 is 5.78 Å². The summed E-state index contributed by atoms with van der Waals surface area (Å²) in [6, 6.07) is 0. The van der Waals surface area contributed by atoms with Crippen LogP contribution in [0.4, 0.5) is 0 Å². The zero-order valence-electron chi connectivity index (χ0n) is 8.92. The van der Waals surface area contributed by atoms with Gasteiger partial charge in [-0.1, -0.05) is 18.2 Å². The molecule has 0 heterocycles. The summed E-state index contributed by atoms with van der Waals surface area (Å²) in [6.45, 7) is 7.38. The molecular formula is C12H18O2. The smallest absolute Gasteiger partial charge is 0.162 e. The summed E-state index contributed by atoms with van der Waals surface area (Å²) < 4.78 is 0. The molecule has 1 aliphatic carbocycles. The third-order valence-electron chi connectivity index (χ3n) is 2.88. The van der Waals surface area contributed by atoms with Gasteiger partial charge in [-0.25, -0.2) is 0 Å². The largest absolute Gasteiger partial charge is 0.381 e. The van der Waals surface area contributed by atoms with Gasteiger partial charge in [0.15, 0.2) is 5.78 Å². The molecule has 2 nitrogen and oxygen atoms in total. The van der Waals surface area contributed by atoms with Gasteiger partial charge in [0, 0.05) is 0 Å². The fraction of sp³-hybridized carbons (Fsp3) is 0.583. The predicted octanol–water partition coefficient (Wildman–Crippen LogP) is 2.24. The van der Waals surface area contributed by atoms with Gasteiger partial charge in [0.2, 0.25) is 0 Å². The molecule has 1 aliphatic rings. The number of carbonyl (C=O) groups excluding carboxylic acids is 1. The Morgan fingerprint density at radius 3 is 2.64 bits per heavy atom. The van der Waals surface area contributed by atoms with Crippen molar-refractivity contribution in [3.05, 3.63) is 23.8 Å². The summed E-state index contributed by atoms with van der Waals surface area (Å²) in [6.07, 6.45) is 3.86. The van der Waals surface area contributed by atoms with Crippen LogP contribution in [0.3, 0.4) is 0 Å². The van der Waals surface area contributed by atoms with Crippen LogP contribution in [0.15, 0.2) is 23.8 Å². The highest BCUT2D eigenvalue weighted by molar-refractivity contribution is 5.83. The molecule has 0 aromatic carbocycles. The maximum Gasteiger partial charge on any atom is 0.162 e. The number of Topliss-reactive ketones (excluding diaryl/α,β-unsaturated/α-hetero) is 1. The van der Waals surface area contributed by atoms with Gasteiger partial charge >= 0.3 is 0 Å². The van der Waals surface area contributed by atoms with E-state index in [0.717, 1.165) is 24.8 Å². The van der Waals surface area contributed by atoms with Gasteiger partial charge in [0.25, 0.3) is 0 Å². The van der Waals surface area contributed by atoms with Gasteiger partial charge < -0.3 is 5.11 Å². The van der Waals surface area contributed by atoms with Crippen molar-refractivity contribution in [2.24, 2.45) is 5.92 Å². The minimum atomic E-state index is -0.874. The Kier molecular flexibility index (Phi) is 3.64. The maximum absolute atomic E-state index is 10.9. The zero-order chi connectivity index (χ0) is 10.7. The Balaban J connectivity index is 2.61. The van der Waals surface area contributed by atoms with Crippen LogP contribution in [-0.2, 0) is 4.79 Å². The van der Waals surface area contributed by atoms with E-state index in [1.807, 2.05) is 13.0 Å². The second-order valence-corrected chi connectivity index (χ2v) is 4.11. The predicted molar refractivity (Wildman–Crippen MR) is 56.9 cm³/mol. The molecule has 0 saturated heterocycles. The zero-order valence-corrected chi connectivity index (χ0v) is 8.92. The van der Waals surface area contributed by atoms with Crippen LogP contribution in [0, 0.1) is 5.92 Å². The molecule has 1 N–H and O–H groups in total. The van der Waals surface area contributed by atoms with Gasteiger partial charge in [0.1, 0.15) is 6.10 Å². The molecule has 78 valence electrons. The second-order valence-electron chi connectivity index (χ2n) is 4.11. The van der Waals surface area contributed by atoms with Crippen molar-refractivity contribution in [3.8, 4) is 0 Å². The number of hydrogen-bond acceptors (Lipinski definition) is 2. The summed E-state index contributed by atoms with van der Waals surface area (Å²) in [5.41, 5.74) is 2.08. The lowest BCUT2D eigenvalue weighted by Crippen LogP contribution is -2.22. The number of rotatable bonds is 3. The number of carbonyl (C=O) groups is 1. The molecule has 0 aromatic rings. The number of aliphatic hydroxyl groups is 1. The molecule has 0 aliphatic heterocycles. The summed E-state index contributed by atoms with van der Waals surface area (Å²) in [7, 11) is 0. The fourth-order valence-electron chi connectivity index (χ4n) is 1.81. The Labute approximate surface area is 85.3 Å². The lowest BCUT2D eigenvalue weighted by molar-refractivity contribution is -0.123. The van der Waals surface area contributed by atoms with Crippen LogP contribution >= 0.6 is 0 Å². The standard InChI is InChI=1S/C12H18O2/c1-8(2)10-4-6-11(7-5-10)12(14)9(3)13/h6,10,12,14H,1,4-5,7H2,2-3H3/t10-,12+/m1/s1. The topological polar surface area (TPSA) is 37.3 Å². The average Bonchev–Trinajstić information content (AvgIpc) is 2.16. The van der Waals surface area contributed by atoms with E-state index in [0.29, 0.717) is 5.92 Å². The van der Waals surface area contributed by atoms with Crippen molar-refractivity contribution < 1.29 is 9.90 Å². The first-order valence-corrected chi connectivity index (χ1v) is 5.05. The van der Waals surface area contributed by atoms with E-state index in [1.54, 1.807) is 0 Å². The van der Waals surface area contributed by atoms with Crippen molar-refractivity contribution in [1.29, 1.82) is 0 Å². The molecule has 1 rings (SSSR count). The van der Waals surface area contributed by atoms with E-state index in [1.165, 1.54) is 12.5 Å². The molecule has 0 amide bonds. The highest BCUT2D eigenvalue weighted by Gasteiger charge is 2.21. The van der Waals surface area contributed by atoms with Crippen LogP contribution in [0.25, 0.3) is 0 Å². The van der Waals surface area contributed by atoms with E-state index >= 15 is 0 Å². The van der Waals surface area contributed by atoms with Gasteiger partial charge in [-0.3, -0.25) is 4.79 Å². The fourth-order valence-corrected chi connectivity index (χ4v) is 1.81. The molecule has 0 fully saturated rings. The first kappa shape index (κ1) is 11.2. The van der Waals surface area contributed by atoms with Gasteiger partial charge in [-0.15, -0.1) is 0 Å². The Morgan fingerprint density at radius 2 is 2.29 bits per heavy atom. The summed E-state index contributed by atoms with van der Waals surface area (Å²) >= 11 is 0. The quantitative estimate of drug-likeness (QED) is 0.699. The van der Waals surface area contributed by atoms with Crippen molar-refractivity contribution in [3.63, 3.8) is 0 Å². The summed E-state index contributed by atoms with van der Waals surface area (Å²) in [5.74, 6) is 0.364. The van der Waals surface area contributed by atoms with E-state index in [-0.39, 0.29) is 5.78 Å². The third-order valence-corrected chi connectivity index (χ3v) is 2.88. The SMILES string of the molecule is C=C(C)[C@@H]1CC=C([C@@H](O)C(C)=O)CC1. The number of ketones is 1. The van der Waals surface area contributed by atoms with E-state index < -0.39 is 6.10 Å². The van der Waals surface area contributed by atoms with Crippen molar-refractivity contribution in [2.45, 2.75) is 39.2 Å². The number of hydrogen-bond donors (Lipinski definition) is 1. The van der Waals surface area contributed by atoms with E-state index in [9.17, 15) is 9.90 Å². The number of aliphatic hydroxyl groups excluding tert-OH is 1. The van der Waals surface area contributed by atoms with Crippen LogP contribution in [-0.4, -0.2) is 17.0 Å². The third kappa shape index (κ3) is 2.55. The van der Waals surface area contributed by atoms with Crippen molar-refractivity contribution in [2.75, 3.05) is 0 Å². The van der Waals surface area contributed by atoms with E-state index in [4.69, 9.17) is 0 Å². The normalized spacial score (nSPS) is 23.9. The molecule has 0 spiro atoms. The molecule has 0 aromatic heterocycles. The van der Waals surface area contributed by atoms with Crippen LogP contribution in [0.2, 0.25) is 0 Å². The van der Waals surface area contributed by atoms with E-state index in [2.05, 4.69) is 6.58 Å². The summed E-state index contributed by atoms with van der Waals surface area (Å²) in [4.78, 5) is 10.9. The molecule has 0 saturated carbocycles. The minimum Gasteiger partial charge on any atom is -0.381 e. The highest BCUT2D eigenvalue weighted by atomic mass is 16.3. The Bertz CT molecular complexity index is 276. The van der Waals surface area contributed by atoms with Crippen LogP contribution < -0.4 is 0 Å². The molecule has 0 bridgehead atoms. The molecule has 2 heteroatoms. The average molecular weight is 194 g/mol. The first-order chi connectivity index (χ1) is 6.52. The molecule has 14 heavy (non-hydrogen) atoms. The molecule has 0 unspecified atom stereocenters.